The average Bonchev–Trinajstić information content (AvgIpc) is 3.15. The Kier molecular flexibility index (Phi) is 9.42. The monoisotopic (exact) mass is 425 g/mol. The number of primary amides is 1. The van der Waals surface area contributed by atoms with E-state index in [2.05, 4.69) is 25.9 Å². The molecule has 0 aliphatic heterocycles. The van der Waals surface area contributed by atoms with Crippen molar-refractivity contribution in [3.63, 3.8) is 0 Å². The van der Waals surface area contributed by atoms with Crippen molar-refractivity contribution in [3.8, 4) is 0 Å². The normalized spacial score (nSPS) is 13.7. The first kappa shape index (κ1) is 24.6. The SMILES string of the molecule is CC(C)C(NC(=O)C(N)Cc1cnc[nH]1)C(=O)NCC(=O)NC(CC(N)=O)C(=O)O. The Labute approximate surface area is 172 Å². The molecule has 3 atom stereocenters. The van der Waals surface area contributed by atoms with Gasteiger partial charge in [0.1, 0.15) is 12.1 Å². The summed E-state index contributed by atoms with van der Waals surface area (Å²) in [6.45, 7) is 2.83. The van der Waals surface area contributed by atoms with Crippen LogP contribution < -0.4 is 27.4 Å². The summed E-state index contributed by atoms with van der Waals surface area (Å²) in [5.74, 6) is -4.70. The number of aliphatic carboxylic acids is 1. The highest BCUT2D eigenvalue weighted by Crippen LogP contribution is 2.04. The Morgan fingerprint density at radius 3 is 2.33 bits per heavy atom. The molecular formula is C17H27N7O6. The Bertz CT molecular complexity index is 765. The maximum absolute atomic E-state index is 12.4. The number of aromatic amines is 1. The molecule has 166 valence electrons. The molecular weight excluding hydrogens is 398 g/mol. The highest BCUT2D eigenvalue weighted by Gasteiger charge is 2.28. The van der Waals surface area contributed by atoms with E-state index in [-0.39, 0.29) is 12.3 Å². The molecule has 1 rings (SSSR count). The molecule has 13 heteroatoms. The van der Waals surface area contributed by atoms with Crippen molar-refractivity contribution in [1.82, 2.24) is 25.9 Å². The van der Waals surface area contributed by atoms with Crippen molar-refractivity contribution in [3.05, 3.63) is 18.2 Å². The number of carboxylic acid groups (broad SMARTS) is 1. The predicted molar refractivity (Wildman–Crippen MR) is 103 cm³/mol. The summed E-state index contributed by atoms with van der Waals surface area (Å²) in [5, 5.41) is 15.9. The van der Waals surface area contributed by atoms with E-state index in [4.69, 9.17) is 16.6 Å². The van der Waals surface area contributed by atoms with Crippen LogP contribution in [0.15, 0.2) is 12.5 Å². The maximum Gasteiger partial charge on any atom is 0.326 e. The average molecular weight is 425 g/mol. The van der Waals surface area contributed by atoms with Crippen molar-refractivity contribution >= 4 is 29.6 Å². The fraction of sp³-hybridized carbons (Fsp3) is 0.529. The van der Waals surface area contributed by atoms with Crippen LogP contribution in [0.5, 0.6) is 0 Å². The zero-order chi connectivity index (χ0) is 22.8. The van der Waals surface area contributed by atoms with Gasteiger partial charge >= 0.3 is 5.97 Å². The van der Waals surface area contributed by atoms with Crippen LogP contribution in [0.2, 0.25) is 0 Å². The molecule has 9 N–H and O–H groups in total. The van der Waals surface area contributed by atoms with Crippen LogP contribution in [0.3, 0.4) is 0 Å². The van der Waals surface area contributed by atoms with E-state index in [0.717, 1.165) is 0 Å². The van der Waals surface area contributed by atoms with Crippen LogP contribution in [0, 0.1) is 5.92 Å². The van der Waals surface area contributed by atoms with Gasteiger partial charge in [-0.1, -0.05) is 13.8 Å². The molecule has 1 aromatic rings. The lowest BCUT2D eigenvalue weighted by atomic mass is 10.0. The Morgan fingerprint density at radius 2 is 1.83 bits per heavy atom. The van der Waals surface area contributed by atoms with E-state index < -0.39 is 60.7 Å². The van der Waals surface area contributed by atoms with Crippen LogP contribution in [0.25, 0.3) is 0 Å². The zero-order valence-electron chi connectivity index (χ0n) is 16.7. The molecule has 0 radical (unpaired) electrons. The van der Waals surface area contributed by atoms with Crippen LogP contribution in [-0.4, -0.2) is 69.3 Å². The second-order valence-corrected chi connectivity index (χ2v) is 6.96. The number of nitrogens with two attached hydrogens (primary N) is 2. The van der Waals surface area contributed by atoms with E-state index >= 15 is 0 Å². The van der Waals surface area contributed by atoms with Crippen molar-refractivity contribution in [2.75, 3.05) is 6.54 Å². The van der Waals surface area contributed by atoms with Gasteiger partial charge in [-0.3, -0.25) is 19.2 Å². The highest BCUT2D eigenvalue weighted by molar-refractivity contribution is 5.93. The van der Waals surface area contributed by atoms with Gasteiger partial charge in [-0.25, -0.2) is 9.78 Å². The summed E-state index contributed by atoms with van der Waals surface area (Å²) in [6.07, 6.45) is 2.58. The molecule has 4 amide bonds. The fourth-order valence-electron chi connectivity index (χ4n) is 2.45. The Hall–Kier alpha value is -3.48. The van der Waals surface area contributed by atoms with Crippen molar-refractivity contribution < 1.29 is 29.1 Å². The molecule has 0 aliphatic rings. The van der Waals surface area contributed by atoms with Crippen LogP contribution in [0.4, 0.5) is 0 Å². The van der Waals surface area contributed by atoms with Gasteiger partial charge in [-0.05, 0) is 5.92 Å². The zero-order valence-corrected chi connectivity index (χ0v) is 16.7. The second kappa shape index (κ2) is 11.5. The van der Waals surface area contributed by atoms with Gasteiger partial charge in [0, 0.05) is 18.3 Å². The number of carbonyl (C=O) groups is 5. The van der Waals surface area contributed by atoms with Crippen LogP contribution in [-0.2, 0) is 30.4 Å². The standard InChI is InChI=1S/C17H27N7O6/c1-8(2)14(24-15(27)10(18)3-9-5-20-7-22-9)16(28)21-6-13(26)23-11(17(29)30)4-12(19)25/h5,7-8,10-11,14H,3-4,6,18H2,1-2H3,(H2,19,25)(H,20,22)(H,21,28)(H,23,26)(H,24,27)(H,29,30). The highest BCUT2D eigenvalue weighted by atomic mass is 16.4. The minimum Gasteiger partial charge on any atom is -0.480 e. The summed E-state index contributed by atoms with van der Waals surface area (Å²) in [5.41, 5.74) is 11.4. The van der Waals surface area contributed by atoms with E-state index in [9.17, 15) is 24.0 Å². The summed E-state index contributed by atoms with van der Waals surface area (Å²) >= 11 is 0. The number of hydrogen-bond donors (Lipinski definition) is 7. The van der Waals surface area contributed by atoms with E-state index in [1.807, 2.05) is 0 Å². The quantitative estimate of drug-likeness (QED) is 0.182. The third-order valence-electron chi connectivity index (χ3n) is 4.04. The van der Waals surface area contributed by atoms with Gasteiger partial charge in [0.05, 0.1) is 25.3 Å². The molecule has 0 aliphatic carbocycles. The van der Waals surface area contributed by atoms with Crippen molar-refractivity contribution in [2.24, 2.45) is 17.4 Å². The Balaban J connectivity index is 2.60. The number of nitrogens with zero attached hydrogens (tertiary/aromatic N) is 1. The lowest BCUT2D eigenvalue weighted by Crippen LogP contribution is -2.55. The minimum absolute atomic E-state index is 0.192. The molecule has 0 aromatic carbocycles. The summed E-state index contributed by atoms with van der Waals surface area (Å²) in [6, 6.07) is -3.40. The third-order valence-corrected chi connectivity index (χ3v) is 4.04. The van der Waals surface area contributed by atoms with Crippen LogP contribution in [0.1, 0.15) is 26.0 Å². The molecule has 3 unspecified atom stereocenters. The molecule has 0 saturated heterocycles. The number of hydrogen-bond acceptors (Lipinski definition) is 7. The molecule has 1 heterocycles. The topological polar surface area (TPSA) is 222 Å². The molecule has 1 aromatic heterocycles. The summed E-state index contributed by atoms with van der Waals surface area (Å²) in [4.78, 5) is 65.2. The second-order valence-electron chi connectivity index (χ2n) is 6.96. The number of aromatic nitrogens is 2. The number of nitrogens with one attached hydrogen (secondary N) is 4. The molecule has 30 heavy (non-hydrogen) atoms. The number of imidazole rings is 1. The van der Waals surface area contributed by atoms with Gasteiger partial charge in [0.2, 0.25) is 23.6 Å². The van der Waals surface area contributed by atoms with Gasteiger partial charge in [-0.15, -0.1) is 0 Å². The van der Waals surface area contributed by atoms with Gasteiger partial charge in [0.25, 0.3) is 0 Å². The molecule has 0 bridgehead atoms. The largest absolute Gasteiger partial charge is 0.480 e. The fourth-order valence-corrected chi connectivity index (χ4v) is 2.45. The predicted octanol–water partition coefficient (Wildman–Crippen LogP) is -3.02. The minimum atomic E-state index is -1.51. The van der Waals surface area contributed by atoms with Gasteiger partial charge < -0.3 is 37.5 Å². The first-order chi connectivity index (χ1) is 14.0. The lowest BCUT2D eigenvalue weighted by molar-refractivity contribution is -0.143. The van der Waals surface area contributed by atoms with Gasteiger partial charge in [0.15, 0.2) is 0 Å². The number of H-pyrrole nitrogens is 1. The summed E-state index contributed by atoms with van der Waals surface area (Å²) < 4.78 is 0. The number of amides is 4. The maximum atomic E-state index is 12.4. The molecule has 0 saturated carbocycles. The Morgan fingerprint density at radius 1 is 1.17 bits per heavy atom. The molecule has 0 fully saturated rings. The van der Waals surface area contributed by atoms with Crippen molar-refractivity contribution in [2.45, 2.75) is 44.8 Å². The van der Waals surface area contributed by atoms with E-state index in [0.29, 0.717) is 5.69 Å². The lowest BCUT2D eigenvalue weighted by Gasteiger charge is -2.23. The number of rotatable bonds is 12. The van der Waals surface area contributed by atoms with E-state index in [1.165, 1.54) is 12.5 Å². The molecule has 13 nitrogen and oxygen atoms in total. The first-order valence-corrected chi connectivity index (χ1v) is 9.12. The van der Waals surface area contributed by atoms with Crippen molar-refractivity contribution in [1.29, 1.82) is 0 Å². The summed E-state index contributed by atoms with van der Waals surface area (Å²) in [7, 11) is 0. The third kappa shape index (κ3) is 8.26. The van der Waals surface area contributed by atoms with Gasteiger partial charge in [-0.2, -0.15) is 0 Å². The number of carbonyl (C=O) groups excluding carboxylic acids is 4. The van der Waals surface area contributed by atoms with E-state index in [1.54, 1.807) is 13.8 Å². The first-order valence-electron chi connectivity index (χ1n) is 9.12. The smallest absolute Gasteiger partial charge is 0.326 e. The van der Waals surface area contributed by atoms with Crippen LogP contribution >= 0.6 is 0 Å². The molecule has 0 spiro atoms. The number of carboxylic acids is 1.